The maximum atomic E-state index is 13.5. The summed E-state index contributed by atoms with van der Waals surface area (Å²) in [5, 5.41) is 4.59. The van der Waals surface area contributed by atoms with Gasteiger partial charge in [0.05, 0.1) is 15.7 Å². The lowest BCUT2D eigenvalue weighted by Crippen LogP contribution is -2.20. The first-order valence-electron chi connectivity index (χ1n) is 5.44. The number of hydrogen-bond donors (Lipinski definition) is 2. The van der Waals surface area contributed by atoms with Crippen molar-refractivity contribution in [2.75, 3.05) is 10.6 Å². The topological polar surface area (TPSA) is 41.1 Å². The predicted octanol–water partition coefficient (Wildman–Crippen LogP) is 4.92. The maximum absolute atomic E-state index is 13.5. The van der Waals surface area contributed by atoms with Gasteiger partial charge in [-0.1, -0.05) is 29.3 Å². The van der Waals surface area contributed by atoms with Crippen molar-refractivity contribution in [2.24, 2.45) is 0 Å². The molecule has 0 saturated carbocycles. The summed E-state index contributed by atoms with van der Waals surface area (Å²) in [5.41, 5.74) is 0.126. The van der Waals surface area contributed by atoms with E-state index in [1.54, 1.807) is 0 Å². The third kappa shape index (κ3) is 3.37. The molecule has 7 heteroatoms. The third-order valence-electron chi connectivity index (χ3n) is 2.38. The number of para-hydroxylation sites is 1. The van der Waals surface area contributed by atoms with Gasteiger partial charge >= 0.3 is 6.03 Å². The molecule has 104 valence electrons. The summed E-state index contributed by atoms with van der Waals surface area (Å²) in [6, 6.07) is 6.96. The van der Waals surface area contributed by atoms with Gasteiger partial charge in [-0.2, -0.15) is 0 Å². The second-order valence-electron chi connectivity index (χ2n) is 3.80. The molecule has 0 aliphatic carbocycles. The molecule has 3 nitrogen and oxygen atoms in total. The van der Waals surface area contributed by atoms with E-state index in [2.05, 4.69) is 10.6 Å². The van der Waals surface area contributed by atoms with E-state index in [-0.39, 0.29) is 21.4 Å². The second kappa shape index (κ2) is 6.07. The molecule has 0 radical (unpaired) electrons. The molecule has 0 aromatic heterocycles. The summed E-state index contributed by atoms with van der Waals surface area (Å²) in [7, 11) is 0. The van der Waals surface area contributed by atoms with Crippen LogP contribution < -0.4 is 10.6 Å². The largest absolute Gasteiger partial charge is 0.323 e. The van der Waals surface area contributed by atoms with Crippen LogP contribution in [0.4, 0.5) is 25.0 Å². The van der Waals surface area contributed by atoms with Gasteiger partial charge in [0.1, 0.15) is 11.6 Å². The lowest BCUT2D eigenvalue weighted by molar-refractivity contribution is 0.262. The number of halogens is 4. The first-order chi connectivity index (χ1) is 9.47. The average molecular weight is 317 g/mol. The molecule has 0 atom stereocenters. The molecule has 2 rings (SSSR count). The number of rotatable bonds is 2. The predicted molar refractivity (Wildman–Crippen MR) is 75.5 cm³/mol. The van der Waals surface area contributed by atoms with E-state index in [1.807, 2.05) is 0 Å². The number of amides is 2. The Hall–Kier alpha value is -1.85. The van der Waals surface area contributed by atoms with E-state index >= 15 is 0 Å². The van der Waals surface area contributed by atoms with Crippen molar-refractivity contribution in [1.29, 1.82) is 0 Å². The maximum Gasteiger partial charge on any atom is 0.323 e. The number of urea groups is 1. The van der Waals surface area contributed by atoms with Crippen molar-refractivity contribution >= 4 is 40.6 Å². The average Bonchev–Trinajstić information content (AvgIpc) is 2.38. The molecule has 0 heterocycles. The number of benzene rings is 2. The Balaban J connectivity index is 2.11. The SMILES string of the molecule is O=C(Nc1ccc(F)c(Cl)c1)Nc1c(F)cccc1Cl. The van der Waals surface area contributed by atoms with Crippen molar-refractivity contribution in [2.45, 2.75) is 0 Å². The first kappa shape index (κ1) is 14.6. The normalized spacial score (nSPS) is 10.2. The lowest BCUT2D eigenvalue weighted by Gasteiger charge is -2.10. The van der Waals surface area contributed by atoms with Crippen LogP contribution in [0, 0.1) is 11.6 Å². The van der Waals surface area contributed by atoms with Gasteiger partial charge < -0.3 is 10.6 Å². The smallest absolute Gasteiger partial charge is 0.308 e. The molecular formula is C13H8Cl2F2N2O. The highest BCUT2D eigenvalue weighted by atomic mass is 35.5. The minimum absolute atomic E-state index is 0.0669. The van der Waals surface area contributed by atoms with Crippen LogP contribution in [-0.2, 0) is 0 Å². The molecule has 0 unspecified atom stereocenters. The Morgan fingerprint density at radius 2 is 1.70 bits per heavy atom. The molecular weight excluding hydrogens is 309 g/mol. The summed E-state index contributed by atoms with van der Waals surface area (Å²) in [6.07, 6.45) is 0. The zero-order valence-electron chi connectivity index (χ0n) is 9.88. The van der Waals surface area contributed by atoms with E-state index < -0.39 is 17.7 Å². The van der Waals surface area contributed by atoms with Crippen molar-refractivity contribution in [3.8, 4) is 0 Å². The molecule has 2 N–H and O–H groups in total. The summed E-state index contributed by atoms with van der Waals surface area (Å²) < 4.78 is 26.4. The molecule has 0 aliphatic heterocycles. The lowest BCUT2D eigenvalue weighted by atomic mass is 10.3. The van der Waals surface area contributed by atoms with Gasteiger partial charge in [-0.05, 0) is 30.3 Å². The molecule has 2 amide bonds. The molecule has 0 spiro atoms. The molecule has 2 aromatic rings. The van der Waals surface area contributed by atoms with E-state index in [9.17, 15) is 13.6 Å². The van der Waals surface area contributed by atoms with Gasteiger partial charge in [0, 0.05) is 5.69 Å². The van der Waals surface area contributed by atoms with Crippen molar-refractivity contribution in [3.05, 3.63) is 58.1 Å². The van der Waals surface area contributed by atoms with Crippen LogP contribution in [0.3, 0.4) is 0 Å². The van der Waals surface area contributed by atoms with E-state index in [1.165, 1.54) is 24.3 Å². The fraction of sp³-hybridized carbons (Fsp3) is 0. The Bertz CT molecular complexity index is 645. The van der Waals surface area contributed by atoms with E-state index in [4.69, 9.17) is 23.2 Å². The van der Waals surface area contributed by atoms with Gasteiger partial charge in [0.15, 0.2) is 0 Å². The Morgan fingerprint density at radius 3 is 2.35 bits per heavy atom. The first-order valence-corrected chi connectivity index (χ1v) is 6.20. The zero-order chi connectivity index (χ0) is 14.7. The minimum atomic E-state index is -0.723. The number of anilines is 2. The van der Waals surface area contributed by atoms with Gasteiger partial charge in [-0.3, -0.25) is 0 Å². The van der Waals surface area contributed by atoms with Gasteiger partial charge in [0.2, 0.25) is 0 Å². The molecule has 0 bridgehead atoms. The second-order valence-corrected chi connectivity index (χ2v) is 4.62. The van der Waals surface area contributed by atoms with Crippen molar-refractivity contribution in [3.63, 3.8) is 0 Å². The molecule has 0 fully saturated rings. The number of carbonyl (C=O) groups is 1. The van der Waals surface area contributed by atoms with Crippen LogP contribution in [0.5, 0.6) is 0 Å². The Morgan fingerprint density at radius 1 is 0.950 bits per heavy atom. The summed E-state index contributed by atoms with van der Waals surface area (Å²) >= 11 is 11.3. The van der Waals surface area contributed by atoms with E-state index in [0.29, 0.717) is 0 Å². The van der Waals surface area contributed by atoms with Crippen molar-refractivity contribution < 1.29 is 13.6 Å². The quantitative estimate of drug-likeness (QED) is 0.811. The van der Waals surface area contributed by atoms with Crippen LogP contribution in [0.2, 0.25) is 10.0 Å². The van der Waals surface area contributed by atoms with Crippen LogP contribution >= 0.6 is 23.2 Å². The third-order valence-corrected chi connectivity index (χ3v) is 2.98. The fourth-order valence-electron chi connectivity index (χ4n) is 1.47. The molecule has 0 saturated heterocycles. The number of hydrogen-bond acceptors (Lipinski definition) is 1. The standard InChI is InChI=1S/C13H8Cl2F2N2O/c14-8-2-1-3-11(17)12(8)19-13(20)18-7-4-5-10(16)9(15)6-7/h1-6H,(H2,18,19,20). The van der Waals surface area contributed by atoms with E-state index in [0.717, 1.165) is 12.1 Å². The van der Waals surface area contributed by atoms with Crippen LogP contribution in [0.15, 0.2) is 36.4 Å². The Labute approximate surface area is 123 Å². The highest BCUT2D eigenvalue weighted by molar-refractivity contribution is 6.34. The molecule has 0 aliphatic rings. The van der Waals surface area contributed by atoms with Crippen LogP contribution in [0.25, 0.3) is 0 Å². The monoisotopic (exact) mass is 316 g/mol. The van der Waals surface area contributed by atoms with Crippen LogP contribution in [0.1, 0.15) is 0 Å². The number of carbonyl (C=O) groups excluding carboxylic acids is 1. The van der Waals surface area contributed by atoms with Gasteiger partial charge in [0.25, 0.3) is 0 Å². The highest BCUT2D eigenvalue weighted by Gasteiger charge is 2.11. The molecule has 20 heavy (non-hydrogen) atoms. The fourth-order valence-corrected chi connectivity index (χ4v) is 1.86. The number of nitrogens with one attached hydrogen (secondary N) is 2. The van der Waals surface area contributed by atoms with Crippen molar-refractivity contribution in [1.82, 2.24) is 0 Å². The zero-order valence-corrected chi connectivity index (χ0v) is 11.4. The Kier molecular flexibility index (Phi) is 4.42. The van der Waals surface area contributed by atoms with Gasteiger partial charge in [-0.15, -0.1) is 0 Å². The summed E-state index contributed by atoms with van der Waals surface area (Å²) in [5.74, 6) is -1.26. The summed E-state index contributed by atoms with van der Waals surface area (Å²) in [4.78, 5) is 11.7. The van der Waals surface area contributed by atoms with Gasteiger partial charge in [-0.25, -0.2) is 13.6 Å². The molecule has 2 aromatic carbocycles. The van der Waals surface area contributed by atoms with Crippen LogP contribution in [-0.4, -0.2) is 6.03 Å². The summed E-state index contributed by atoms with van der Waals surface area (Å²) in [6.45, 7) is 0. The minimum Gasteiger partial charge on any atom is -0.308 e. The highest BCUT2D eigenvalue weighted by Crippen LogP contribution is 2.25.